The number of imidazole rings is 1. The molecule has 6 heteroatoms. The molecule has 0 fully saturated rings. The second-order valence-electron chi connectivity index (χ2n) is 3.60. The minimum Gasteiger partial charge on any atom is -0.478 e. The fourth-order valence-corrected chi connectivity index (χ4v) is 1.76. The molecule has 0 unspecified atom stereocenters. The number of nitrogens with zero attached hydrogens (tertiary/aromatic N) is 2. The summed E-state index contributed by atoms with van der Waals surface area (Å²) in [6.07, 6.45) is 2.90. The van der Waals surface area contributed by atoms with Gasteiger partial charge < -0.3 is 10.1 Å². The maximum Gasteiger partial charge on any atom is 0.339 e. The highest BCUT2D eigenvalue weighted by molar-refractivity contribution is 5.95. The lowest BCUT2D eigenvalue weighted by Gasteiger charge is -1.99. The SMILES string of the molecule is O=C(O)c1cn[nH]c1-c1ccc2nc[nH]c2c1. The van der Waals surface area contributed by atoms with Crippen LogP contribution in [0.25, 0.3) is 22.3 Å². The summed E-state index contributed by atoms with van der Waals surface area (Å²) in [6.45, 7) is 0. The van der Waals surface area contributed by atoms with Crippen LogP contribution in [0.4, 0.5) is 0 Å². The van der Waals surface area contributed by atoms with E-state index in [1.165, 1.54) is 6.20 Å². The molecule has 2 aromatic heterocycles. The molecule has 3 aromatic rings. The number of hydrogen-bond donors (Lipinski definition) is 3. The van der Waals surface area contributed by atoms with Gasteiger partial charge in [0, 0.05) is 5.56 Å². The van der Waals surface area contributed by atoms with Gasteiger partial charge in [-0.25, -0.2) is 9.78 Å². The van der Waals surface area contributed by atoms with E-state index >= 15 is 0 Å². The number of nitrogens with one attached hydrogen (secondary N) is 2. The lowest BCUT2D eigenvalue weighted by Crippen LogP contribution is -1.96. The van der Waals surface area contributed by atoms with Crippen LogP contribution in [-0.2, 0) is 0 Å². The molecule has 0 atom stereocenters. The summed E-state index contributed by atoms with van der Waals surface area (Å²) in [7, 11) is 0. The molecule has 0 spiro atoms. The highest BCUT2D eigenvalue weighted by Crippen LogP contribution is 2.23. The summed E-state index contributed by atoms with van der Waals surface area (Å²) in [5.41, 5.74) is 3.10. The Morgan fingerprint density at radius 3 is 3.06 bits per heavy atom. The molecule has 6 nitrogen and oxygen atoms in total. The van der Waals surface area contributed by atoms with E-state index in [1.54, 1.807) is 6.33 Å². The predicted octanol–water partition coefficient (Wildman–Crippen LogP) is 1.65. The third-order valence-corrected chi connectivity index (χ3v) is 2.58. The zero-order valence-electron chi connectivity index (χ0n) is 8.64. The number of fused-ring (bicyclic) bond motifs is 1. The van der Waals surface area contributed by atoms with E-state index in [1.807, 2.05) is 18.2 Å². The van der Waals surface area contributed by atoms with Crippen molar-refractivity contribution in [1.29, 1.82) is 0 Å². The third kappa shape index (κ3) is 1.46. The van der Waals surface area contributed by atoms with Gasteiger partial charge >= 0.3 is 5.97 Å². The zero-order valence-corrected chi connectivity index (χ0v) is 8.64. The number of hydrogen-bond acceptors (Lipinski definition) is 3. The van der Waals surface area contributed by atoms with Gasteiger partial charge in [-0.3, -0.25) is 5.10 Å². The van der Waals surface area contributed by atoms with Gasteiger partial charge in [-0.1, -0.05) is 6.07 Å². The quantitative estimate of drug-likeness (QED) is 0.621. The molecule has 0 bridgehead atoms. The molecule has 84 valence electrons. The van der Waals surface area contributed by atoms with Gasteiger partial charge in [0.25, 0.3) is 0 Å². The van der Waals surface area contributed by atoms with E-state index in [2.05, 4.69) is 20.2 Å². The first kappa shape index (κ1) is 9.59. The van der Waals surface area contributed by atoms with Crippen LogP contribution >= 0.6 is 0 Å². The Kier molecular flexibility index (Phi) is 1.94. The van der Waals surface area contributed by atoms with Crippen molar-refractivity contribution >= 4 is 17.0 Å². The molecule has 0 aliphatic rings. The van der Waals surface area contributed by atoms with Gasteiger partial charge in [0.1, 0.15) is 5.56 Å². The monoisotopic (exact) mass is 228 g/mol. The molecule has 0 aliphatic heterocycles. The van der Waals surface area contributed by atoms with Crippen molar-refractivity contribution in [3.05, 3.63) is 36.3 Å². The zero-order chi connectivity index (χ0) is 11.8. The van der Waals surface area contributed by atoms with E-state index in [-0.39, 0.29) is 5.56 Å². The molecule has 3 rings (SSSR count). The smallest absolute Gasteiger partial charge is 0.339 e. The fraction of sp³-hybridized carbons (Fsp3) is 0. The molecular weight excluding hydrogens is 220 g/mol. The van der Waals surface area contributed by atoms with Crippen molar-refractivity contribution < 1.29 is 9.90 Å². The summed E-state index contributed by atoms with van der Waals surface area (Å²) < 4.78 is 0. The molecule has 1 aromatic carbocycles. The topological polar surface area (TPSA) is 94.7 Å². The maximum absolute atomic E-state index is 11.0. The molecular formula is C11H8N4O2. The van der Waals surface area contributed by atoms with Crippen LogP contribution in [0.15, 0.2) is 30.7 Å². The van der Waals surface area contributed by atoms with Gasteiger partial charge in [0.05, 0.1) is 29.3 Å². The van der Waals surface area contributed by atoms with Crippen molar-refractivity contribution in [1.82, 2.24) is 20.2 Å². The van der Waals surface area contributed by atoms with Gasteiger partial charge in [-0.2, -0.15) is 5.10 Å². The summed E-state index contributed by atoms with van der Waals surface area (Å²) in [5.74, 6) is -1.00. The Morgan fingerprint density at radius 2 is 2.24 bits per heavy atom. The van der Waals surface area contributed by atoms with Crippen molar-refractivity contribution in [2.75, 3.05) is 0 Å². The summed E-state index contributed by atoms with van der Waals surface area (Å²) in [6, 6.07) is 5.47. The molecule has 2 heterocycles. The summed E-state index contributed by atoms with van der Waals surface area (Å²) in [4.78, 5) is 18.1. The highest BCUT2D eigenvalue weighted by atomic mass is 16.4. The first-order chi connectivity index (χ1) is 8.25. The summed E-state index contributed by atoms with van der Waals surface area (Å²) in [5, 5.41) is 15.5. The van der Waals surface area contributed by atoms with Crippen LogP contribution in [0.2, 0.25) is 0 Å². The van der Waals surface area contributed by atoms with E-state index < -0.39 is 5.97 Å². The highest BCUT2D eigenvalue weighted by Gasteiger charge is 2.14. The normalized spacial score (nSPS) is 10.8. The van der Waals surface area contributed by atoms with Crippen molar-refractivity contribution in [2.45, 2.75) is 0 Å². The molecule has 0 saturated heterocycles. The molecule has 0 saturated carbocycles. The van der Waals surface area contributed by atoms with E-state index in [4.69, 9.17) is 5.11 Å². The lowest BCUT2D eigenvalue weighted by molar-refractivity contribution is 0.0698. The average molecular weight is 228 g/mol. The number of carboxylic acid groups (broad SMARTS) is 1. The van der Waals surface area contributed by atoms with Gasteiger partial charge in [-0.05, 0) is 12.1 Å². The minimum absolute atomic E-state index is 0.156. The molecule has 17 heavy (non-hydrogen) atoms. The number of H-pyrrole nitrogens is 2. The Morgan fingerprint density at radius 1 is 1.35 bits per heavy atom. The summed E-state index contributed by atoms with van der Waals surface area (Å²) >= 11 is 0. The molecule has 0 amide bonds. The Hall–Kier alpha value is -2.63. The van der Waals surface area contributed by atoms with Crippen molar-refractivity contribution in [3.63, 3.8) is 0 Å². The number of rotatable bonds is 2. The minimum atomic E-state index is -1.00. The maximum atomic E-state index is 11.0. The van der Waals surface area contributed by atoms with Gasteiger partial charge in [0.2, 0.25) is 0 Å². The van der Waals surface area contributed by atoms with Crippen LogP contribution in [0.1, 0.15) is 10.4 Å². The van der Waals surface area contributed by atoms with Crippen molar-refractivity contribution in [2.24, 2.45) is 0 Å². The number of carboxylic acids is 1. The second kappa shape index (κ2) is 3.44. The first-order valence-corrected chi connectivity index (χ1v) is 4.96. The number of aromatic amines is 2. The van der Waals surface area contributed by atoms with Crippen LogP contribution < -0.4 is 0 Å². The van der Waals surface area contributed by atoms with Crippen LogP contribution in [0, 0.1) is 0 Å². The average Bonchev–Trinajstić information content (AvgIpc) is 2.96. The third-order valence-electron chi connectivity index (χ3n) is 2.58. The Labute approximate surface area is 95.3 Å². The molecule has 0 radical (unpaired) electrons. The first-order valence-electron chi connectivity index (χ1n) is 4.96. The standard InChI is InChI=1S/C11H8N4O2/c16-11(17)7-4-14-15-10(7)6-1-2-8-9(3-6)13-5-12-8/h1-5H,(H,12,13)(H,14,15)(H,16,17). The number of benzene rings is 1. The van der Waals surface area contributed by atoms with Crippen molar-refractivity contribution in [3.8, 4) is 11.3 Å². The van der Waals surface area contributed by atoms with E-state index in [9.17, 15) is 4.79 Å². The van der Waals surface area contributed by atoms with Crippen LogP contribution in [-0.4, -0.2) is 31.2 Å². The number of aromatic carboxylic acids is 1. The molecule has 3 N–H and O–H groups in total. The van der Waals surface area contributed by atoms with Gasteiger partial charge in [0.15, 0.2) is 0 Å². The molecule has 0 aliphatic carbocycles. The lowest BCUT2D eigenvalue weighted by atomic mass is 10.1. The van der Waals surface area contributed by atoms with E-state index in [0.717, 1.165) is 16.6 Å². The van der Waals surface area contributed by atoms with Gasteiger partial charge in [-0.15, -0.1) is 0 Å². The van der Waals surface area contributed by atoms with Crippen LogP contribution in [0.3, 0.4) is 0 Å². The van der Waals surface area contributed by atoms with E-state index in [0.29, 0.717) is 5.69 Å². The Balaban J connectivity index is 2.19. The fourth-order valence-electron chi connectivity index (χ4n) is 1.76. The predicted molar refractivity (Wildman–Crippen MR) is 60.6 cm³/mol. The second-order valence-corrected chi connectivity index (χ2v) is 3.60. The van der Waals surface area contributed by atoms with Crippen LogP contribution in [0.5, 0.6) is 0 Å². The Bertz CT molecular complexity index is 698. The number of aromatic nitrogens is 4. The number of carbonyl (C=O) groups is 1. The largest absolute Gasteiger partial charge is 0.478 e.